The molecule has 0 saturated carbocycles. The lowest BCUT2D eigenvalue weighted by molar-refractivity contribution is -0.150. The average molecular weight is 326 g/mol. The zero-order chi connectivity index (χ0) is 17.6. The van der Waals surface area contributed by atoms with Crippen LogP contribution in [0, 0.1) is 0 Å². The first kappa shape index (κ1) is 18.1. The summed E-state index contributed by atoms with van der Waals surface area (Å²) in [5.41, 5.74) is -1.10. The summed E-state index contributed by atoms with van der Waals surface area (Å²) < 4.78 is 4.61. The third-order valence-electron chi connectivity index (χ3n) is 2.76. The van der Waals surface area contributed by atoms with E-state index >= 15 is 0 Å². The summed E-state index contributed by atoms with van der Waals surface area (Å²) in [6, 6.07) is -1.48. The van der Waals surface area contributed by atoms with Gasteiger partial charge in [0.05, 0.1) is 0 Å². The Balaban J connectivity index is 2.39. The molecule has 1 saturated heterocycles. The van der Waals surface area contributed by atoms with Gasteiger partial charge < -0.3 is 15.4 Å². The van der Waals surface area contributed by atoms with Gasteiger partial charge in [0.25, 0.3) is 11.8 Å². The number of ether oxygens (including phenoxy) is 1. The van der Waals surface area contributed by atoms with Gasteiger partial charge in [0.1, 0.15) is 12.1 Å². The highest BCUT2D eigenvalue weighted by Crippen LogP contribution is 2.16. The van der Waals surface area contributed by atoms with Gasteiger partial charge >= 0.3 is 18.0 Å². The highest BCUT2D eigenvalue weighted by atomic mass is 16.5. The molecule has 23 heavy (non-hydrogen) atoms. The van der Waals surface area contributed by atoms with Crippen molar-refractivity contribution in [1.29, 1.82) is 0 Å². The molecule has 0 aromatic carbocycles. The Morgan fingerprint density at radius 2 is 2.00 bits per heavy atom. The van der Waals surface area contributed by atoms with Crippen molar-refractivity contribution in [2.24, 2.45) is 0 Å². The van der Waals surface area contributed by atoms with Crippen molar-refractivity contribution >= 4 is 29.8 Å². The van der Waals surface area contributed by atoms with E-state index in [2.05, 4.69) is 21.9 Å². The van der Waals surface area contributed by atoms with Crippen LogP contribution in [0.5, 0.6) is 0 Å². The molecule has 3 N–H and O–H groups in total. The molecule has 0 bridgehead atoms. The fourth-order valence-corrected chi connectivity index (χ4v) is 1.65. The molecule has 0 radical (unpaired) electrons. The first-order valence-corrected chi connectivity index (χ1v) is 6.65. The molecule has 0 unspecified atom stereocenters. The summed E-state index contributed by atoms with van der Waals surface area (Å²) in [7, 11) is 0. The van der Waals surface area contributed by atoms with Crippen LogP contribution < -0.4 is 16.0 Å². The van der Waals surface area contributed by atoms with Crippen LogP contribution in [0.3, 0.4) is 0 Å². The number of rotatable bonds is 6. The van der Waals surface area contributed by atoms with Crippen LogP contribution in [-0.2, 0) is 19.1 Å². The number of nitrogens with one attached hydrogen (secondary N) is 3. The first-order chi connectivity index (χ1) is 10.7. The molecular weight excluding hydrogens is 308 g/mol. The average Bonchev–Trinajstić information content (AvgIpc) is 2.65. The fraction of sp³-hybridized carbons (Fsp3) is 0.462. The van der Waals surface area contributed by atoms with E-state index in [1.165, 1.54) is 19.9 Å². The maximum atomic E-state index is 11.9. The Bertz CT molecular complexity index is 557. The van der Waals surface area contributed by atoms with Crippen LogP contribution in [0.2, 0.25) is 0 Å². The molecule has 6 amide bonds. The van der Waals surface area contributed by atoms with Gasteiger partial charge in [0.2, 0.25) is 0 Å². The lowest BCUT2D eigenvalue weighted by Crippen LogP contribution is -2.43. The van der Waals surface area contributed by atoms with E-state index in [9.17, 15) is 24.0 Å². The van der Waals surface area contributed by atoms with Crippen LogP contribution in [0.1, 0.15) is 13.8 Å². The molecule has 0 atom stereocenters. The lowest BCUT2D eigenvalue weighted by Gasteiger charge is -2.15. The van der Waals surface area contributed by atoms with E-state index in [4.69, 9.17) is 0 Å². The third kappa shape index (κ3) is 5.09. The Morgan fingerprint density at radius 1 is 1.35 bits per heavy atom. The number of hydrogen-bond acceptors (Lipinski definition) is 6. The van der Waals surface area contributed by atoms with E-state index in [-0.39, 0.29) is 6.54 Å². The summed E-state index contributed by atoms with van der Waals surface area (Å²) in [5, 5.41) is 6.61. The number of nitrogens with zero attached hydrogens (tertiary/aromatic N) is 1. The minimum Gasteiger partial charge on any atom is -0.454 e. The second kappa shape index (κ2) is 7.38. The molecule has 1 aliphatic rings. The van der Waals surface area contributed by atoms with Crippen molar-refractivity contribution in [2.75, 3.05) is 19.7 Å². The summed E-state index contributed by atoms with van der Waals surface area (Å²) in [6.45, 7) is 5.20. The highest BCUT2D eigenvalue weighted by Gasteiger charge is 2.45. The van der Waals surface area contributed by atoms with E-state index < -0.39 is 48.5 Å². The van der Waals surface area contributed by atoms with Crippen molar-refractivity contribution < 1.29 is 28.7 Å². The Morgan fingerprint density at radius 3 is 2.52 bits per heavy atom. The fourth-order valence-electron chi connectivity index (χ4n) is 1.65. The summed E-state index contributed by atoms with van der Waals surface area (Å²) in [4.78, 5) is 58.2. The van der Waals surface area contributed by atoms with Gasteiger partial charge in [-0.2, -0.15) is 0 Å². The largest absolute Gasteiger partial charge is 0.454 e. The number of carbonyl (C=O) groups excluding carboxylic acids is 5. The summed E-state index contributed by atoms with van der Waals surface area (Å²) in [5.74, 6) is -2.38. The molecule has 1 aliphatic heterocycles. The minimum atomic E-state index is -1.10. The van der Waals surface area contributed by atoms with Gasteiger partial charge in [-0.1, -0.05) is 6.08 Å². The molecule has 10 nitrogen and oxygen atoms in total. The highest BCUT2D eigenvalue weighted by molar-refractivity contribution is 6.08. The summed E-state index contributed by atoms with van der Waals surface area (Å²) >= 11 is 0. The monoisotopic (exact) mass is 326 g/mol. The van der Waals surface area contributed by atoms with E-state index in [1.54, 1.807) is 0 Å². The first-order valence-electron chi connectivity index (χ1n) is 6.65. The predicted molar refractivity (Wildman–Crippen MR) is 77.0 cm³/mol. The van der Waals surface area contributed by atoms with Gasteiger partial charge in [-0.25, -0.2) is 9.59 Å². The molecule has 1 fully saturated rings. The second-order valence-corrected chi connectivity index (χ2v) is 5.15. The van der Waals surface area contributed by atoms with E-state index in [0.717, 1.165) is 0 Å². The van der Waals surface area contributed by atoms with Gasteiger partial charge in [-0.15, -0.1) is 6.58 Å². The number of esters is 1. The van der Waals surface area contributed by atoms with Crippen molar-refractivity contribution in [2.45, 2.75) is 19.4 Å². The van der Waals surface area contributed by atoms with Gasteiger partial charge in [-0.3, -0.25) is 24.6 Å². The van der Waals surface area contributed by atoms with Crippen LogP contribution in [0.25, 0.3) is 0 Å². The zero-order valence-electron chi connectivity index (χ0n) is 12.8. The number of hydrogen-bond donors (Lipinski definition) is 3. The molecule has 0 spiro atoms. The third-order valence-corrected chi connectivity index (χ3v) is 2.76. The van der Waals surface area contributed by atoms with E-state index in [0.29, 0.717) is 4.90 Å². The number of amides is 6. The standard InChI is InChI=1S/C13H18N4O6/c1-4-5-14-11(21)15-8(18)7-23-9(19)6-17-10(20)13(2,3)16-12(17)22/h4H,1,5-7H2,2-3H3,(H,16,22)(H2,14,15,18,21). The van der Waals surface area contributed by atoms with Crippen LogP contribution in [0.4, 0.5) is 9.59 Å². The van der Waals surface area contributed by atoms with Crippen LogP contribution in [-0.4, -0.2) is 60.0 Å². The maximum Gasteiger partial charge on any atom is 0.326 e. The molecule has 1 rings (SSSR count). The summed E-state index contributed by atoms with van der Waals surface area (Å²) in [6.07, 6.45) is 1.42. The second-order valence-electron chi connectivity index (χ2n) is 5.15. The lowest BCUT2D eigenvalue weighted by atomic mass is 10.1. The van der Waals surface area contributed by atoms with Crippen molar-refractivity contribution in [3.8, 4) is 0 Å². The minimum absolute atomic E-state index is 0.168. The van der Waals surface area contributed by atoms with Gasteiger partial charge in [0.15, 0.2) is 6.61 Å². The zero-order valence-corrected chi connectivity index (χ0v) is 12.8. The predicted octanol–water partition coefficient (Wildman–Crippen LogP) is -1.13. The maximum absolute atomic E-state index is 11.9. The molecule has 0 aliphatic carbocycles. The molecule has 126 valence electrons. The topological polar surface area (TPSA) is 134 Å². The van der Waals surface area contributed by atoms with Crippen LogP contribution >= 0.6 is 0 Å². The van der Waals surface area contributed by atoms with E-state index in [1.807, 2.05) is 5.32 Å². The molecule has 0 aromatic rings. The van der Waals surface area contributed by atoms with Crippen molar-refractivity contribution in [1.82, 2.24) is 20.9 Å². The Hall–Kier alpha value is -2.91. The van der Waals surface area contributed by atoms with Crippen LogP contribution in [0.15, 0.2) is 12.7 Å². The molecule has 1 heterocycles. The molecule has 0 aromatic heterocycles. The van der Waals surface area contributed by atoms with Gasteiger partial charge in [-0.05, 0) is 13.8 Å². The number of imide groups is 2. The van der Waals surface area contributed by atoms with Gasteiger partial charge in [0, 0.05) is 6.54 Å². The van der Waals surface area contributed by atoms with Crippen molar-refractivity contribution in [3.63, 3.8) is 0 Å². The smallest absolute Gasteiger partial charge is 0.326 e. The Labute approximate surface area is 132 Å². The van der Waals surface area contributed by atoms with Crippen molar-refractivity contribution in [3.05, 3.63) is 12.7 Å². The molecular formula is C13H18N4O6. The quantitative estimate of drug-likeness (QED) is 0.321. The number of carbonyl (C=O) groups is 5. The molecule has 10 heteroatoms. The number of urea groups is 2. The SMILES string of the molecule is C=CCNC(=O)NC(=O)COC(=O)CN1C(=O)NC(C)(C)C1=O. The Kier molecular flexibility index (Phi) is 5.82. The normalized spacial score (nSPS) is 15.7.